The van der Waals surface area contributed by atoms with E-state index in [1.54, 1.807) is 7.11 Å². The van der Waals surface area contributed by atoms with Gasteiger partial charge in [-0.1, -0.05) is 18.6 Å². The lowest BCUT2D eigenvalue weighted by molar-refractivity contribution is -0.122. The molecule has 1 aliphatic rings. The molecule has 162 valence electrons. The van der Waals surface area contributed by atoms with Crippen LogP contribution in [0.1, 0.15) is 45.1 Å². The van der Waals surface area contributed by atoms with Crippen molar-refractivity contribution in [1.29, 1.82) is 0 Å². The SMILES string of the molecule is CCNC(=O)COc1cccc(CN=C(NCC)NCC2(CCOC)CCC2)c1. The summed E-state index contributed by atoms with van der Waals surface area (Å²) in [6.45, 7) is 7.65. The van der Waals surface area contributed by atoms with E-state index in [-0.39, 0.29) is 12.5 Å². The summed E-state index contributed by atoms with van der Waals surface area (Å²) in [5, 5.41) is 9.56. The van der Waals surface area contributed by atoms with Gasteiger partial charge in [-0.2, -0.15) is 0 Å². The second-order valence-electron chi connectivity index (χ2n) is 7.53. The van der Waals surface area contributed by atoms with E-state index in [1.165, 1.54) is 19.3 Å². The molecule has 1 saturated carbocycles. The van der Waals surface area contributed by atoms with E-state index >= 15 is 0 Å². The number of hydrogen-bond acceptors (Lipinski definition) is 4. The standard InChI is InChI=1S/C22H36N4O3/c1-4-23-20(27)16-29-19-9-6-8-18(14-19)15-25-21(24-5-2)26-17-22(10-7-11-22)12-13-28-3/h6,8-9,14H,4-5,7,10-13,15-17H2,1-3H3,(H,23,27)(H2,24,25,26). The fraction of sp³-hybridized carbons (Fsp3) is 0.636. The molecule has 0 aliphatic heterocycles. The average molecular weight is 405 g/mol. The van der Waals surface area contributed by atoms with Crippen molar-refractivity contribution in [3.63, 3.8) is 0 Å². The van der Waals surface area contributed by atoms with Crippen LogP contribution >= 0.6 is 0 Å². The first kappa shape index (κ1) is 23.0. The van der Waals surface area contributed by atoms with Crippen LogP contribution in [-0.2, 0) is 16.1 Å². The molecule has 0 unspecified atom stereocenters. The number of nitrogens with zero attached hydrogens (tertiary/aromatic N) is 1. The number of ether oxygens (including phenoxy) is 2. The quantitative estimate of drug-likeness (QED) is 0.368. The molecular weight excluding hydrogens is 368 g/mol. The van der Waals surface area contributed by atoms with Gasteiger partial charge in [-0.3, -0.25) is 4.79 Å². The highest BCUT2D eigenvalue weighted by atomic mass is 16.5. The van der Waals surface area contributed by atoms with Crippen LogP contribution in [0.25, 0.3) is 0 Å². The van der Waals surface area contributed by atoms with Gasteiger partial charge in [0.2, 0.25) is 0 Å². The molecular formula is C22H36N4O3. The molecule has 1 fully saturated rings. The fourth-order valence-corrected chi connectivity index (χ4v) is 3.42. The number of carbonyl (C=O) groups excluding carboxylic acids is 1. The van der Waals surface area contributed by atoms with Crippen LogP contribution in [0.5, 0.6) is 5.75 Å². The smallest absolute Gasteiger partial charge is 0.257 e. The maximum absolute atomic E-state index is 11.6. The summed E-state index contributed by atoms with van der Waals surface area (Å²) in [4.78, 5) is 16.3. The zero-order valence-corrected chi connectivity index (χ0v) is 18.1. The third kappa shape index (κ3) is 7.93. The van der Waals surface area contributed by atoms with Gasteiger partial charge in [0.25, 0.3) is 5.91 Å². The van der Waals surface area contributed by atoms with Gasteiger partial charge in [0, 0.05) is 33.4 Å². The molecule has 0 heterocycles. The van der Waals surface area contributed by atoms with Gasteiger partial charge in [-0.05, 0) is 56.2 Å². The molecule has 2 rings (SSSR count). The van der Waals surface area contributed by atoms with Gasteiger partial charge >= 0.3 is 0 Å². The molecule has 29 heavy (non-hydrogen) atoms. The third-order valence-corrected chi connectivity index (χ3v) is 5.29. The molecule has 1 aromatic carbocycles. The summed E-state index contributed by atoms with van der Waals surface area (Å²) in [6.07, 6.45) is 4.87. The van der Waals surface area contributed by atoms with Crippen LogP contribution in [0.3, 0.4) is 0 Å². The molecule has 0 spiro atoms. The van der Waals surface area contributed by atoms with Crippen molar-refractivity contribution in [1.82, 2.24) is 16.0 Å². The third-order valence-electron chi connectivity index (χ3n) is 5.29. The Kier molecular flexibility index (Phi) is 9.77. The molecule has 1 amide bonds. The Morgan fingerprint density at radius 2 is 1.97 bits per heavy atom. The van der Waals surface area contributed by atoms with E-state index in [2.05, 4.69) is 22.9 Å². The Hall–Kier alpha value is -2.28. The molecule has 0 atom stereocenters. The highest BCUT2D eigenvalue weighted by Gasteiger charge is 2.36. The minimum atomic E-state index is -0.118. The number of aliphatic imine (C=N–C) groups is 1. The fourth-order valence-electron chi connectivity index (χ4n) is 3.42. The Labute approximate surface area is 174 Å². The molecule has 3 N–H and O–H groups in total. The van der Waals surface area contributed by atoms with E-state index < -0.39 is 0 Å². The van der Waals surface area contributed by atoms with Gasteiger partial charge in [-0.25, -0.2) is 4.99 Å². The largest absolute Gasteiger partial charge is 0.484 e. The van der Waals surface area contributed by atoms with E-state index in [1.807, 2.05) is 31.2 Å². The summed E-state index contributed by atoms with van der Waals surface area (Å²) < 4.78 is 10.8. The maximum atomic E-state index is 11.6. The molecule has 7 nitrogen and oxygen atoms in total. The normalized spacial score (nSPS) is 15.3. The average Bonchev–Trinajstić information content (AvgIpc) is 2.70. The number of guanidine groups is 1. The predicted molar refractivity (Wildman–Crippen MR) is 116 cm³/mol. The van der Waals surface area contributed by atoms with Crippen molar-refractivity contribution < 1.29 is 14.3 Å². The minimum Gasteiger partial charge on any atom is -0.484 e. The number of methoxy groups -OCH3 is 1. The number of amides is 1. The van der Waals surface area contributed by atoms with E-state index in [4.69, 9.17) is 14.5 Å². The Bertz CT molecular complexity index is 659. The zero-order valence-electron chi connectivity index (χ0n) is 18.1. The van der Waals surface area contributed by atoms with Crippen LogP contribution in [-0.4, -0.2) is 51.8 Å². The highest BCUT2D eigenvalue weighted by molar-refractivity contribution is 5.79. The van der Waals surface area contributed by atoms with Gasteiger partial charge < -0.3 is 25.4 Å². The van der Waals surface area contributed by atoms with E-state index in [9.17, 15) is 4.79 Å². The van der Waals surface area contributed by atoms with Crippen molar-refractivity contribution in [3.05, 3.63) is 29.8 Å². The highest BCUT2D eigenvalue weighted by Crippen LogP contribution is 2.43. The molecule has 0 bridgehead atoms. The molecule has 0 aromatic heterocycles. The second kappa shape index (κ2) is 12.3. The lowest BCUT2D eigenvalue weighted by atomic mass is 9.67. The summed E-state index contributed by atoms with van der Waals surface area (Å²) in [7, 11) is 1.76. The molecule has 0 radical (unpaired) electrons. The van der Waals surface area contributed by atoms with Gasteiger partial charge in [0.05, 0.1) is 6.54 Å². The Balaban J connectivity index is 1.90. The van der Waals surface area contributed by atoms with Crippen molar-refractivity contribution >= 4 is 11.9 Å². The predicted octanol–water partition coefficient (Wildman–Crippen LogP) is 2.46. The summed E-state index contributed by atoms with van der Waals surface area (Å²) in [5.41, 5.74) is 1.37. The lowest BCUT2D eigenvalue weighted by Gasteiger charge is -2.42. The number of likely N-dealkylation sites (N-methyl/N-ethyl adjacent to an activating group) is 1. The van der Waals surface area contributed by atoms with Crippen molar-refractivity contribution in [2.75, 3.05) is 40.0 Å². The van der Waals surface area contributed by atoms with Gasteiger partial charge in [-0.15, -0.1) is 0 Å². The van der Waals surface area contributed by atoms with Crippen molar-refractivity contribution in [2.24, 2.45) is 10.4 Å². The van der Waals surface area contributed by atoms with E-state index in [0.717, 1.165) is 37.6 Å². The first-order valence-corrected chi connectivity index (χ1v) is 10.6. The monoisotopic (exact) mass is 404 g/mol. The van der Waals surface area contributed by atoms with Crippen molar-refractivity contribution in [2.45, 2.75) is 46.1 Å². The second-order valence-corrected chi connectivity index (χ2v) is 7.53. The number of rotatable bonds is 12. The van der Waals surface area contributed by atoms with Crippen LogP contribution in [0.15, 0.2) is 29.3 Å². The van der Waals surface area contributed by atoms with Gasteiger partial charge in [0.15, 0.2) is 12.6 Å². The summed E-state index contributed by atoms with van der Waals surface area (Å²) in [6, 6.07) is 7.72. The first-order valence-electron chi connectivity index (χ1n) is 10.6. The number of nitrogens with one attached hydrogen (secondary N) is 3. The zero-order chi connectivity index (χ0) is 21.0. The van der Waals surface area contributed by atoms with Crippen LogP contribution in [0.2, 0.25) is 0 Å². The molecule has 0 saturated heterocycles. The maximum Gasteiger partial charge on any atom is 0.257 e. The number of hydrogen-bond donors (Lipinski definition) is 3. The van der Waals surface area contributed by atoms with E-state index in [0.29, 0.717) is 24.3 Å². The molecule has 1 aromatic rings. The van der Waals surface area contributed by atoms with Gasteiger partial charge in [0.1, 0.15) is 5.75 Å². The van der Waals surface area contributed by atoms with Crippen molar-refractivity contribution in [3.8, 4) is 5.75 Å². The summed E-state index contributed by atoms with van der Waals surface area (Å²) in [5.74, 6) is 1.38. The number of benzene rings is 1. The van der Waals surface area contributed by atoms with Crippen LogP contribution in [0, 0.1) is 5.41 Å². The van der Waals surface area contributed by atoms with Crippen LogP contribution < -0.4 is 20.7 Å². The lowest BCUT2D eigenvalue weighted by Crippen LogP contribution is -2.46. The Morgan fingerprint density at radius 3 is 2.62 bits per heavy atom. The summed E-state index contributed by atoms with van der Waals surface area (Å²) >= 11 is 0. The first-order chi connectivity index (χ1) is 14.1. The number of carbonyl (C=O) groups is 1. The minimum absolute atomic E-state index is 0.0221. The van der Waals surface area contributed by atoms with Crippen LogP contribution in [0.4, 0.5) is 0 Å². The topological polar surface area (TPSA) is 84.0 Å². The molecule has 7 heteroatoms. The Morgan fingerprint density at radius 1 is 1.17 bits per heavy atom. The molecule has 1 aliphatic carbocycles.